The summed E-state index contributed by atoms with van der Waals surface area (Å²) < 4.78 is 59.6. The van der Waals surface area contributed by atoms with Crippen molar-refractivity contribution in [1.82, 2.24) is 0 Å². The first-order valence-electron chi connectivity index (χ1n) is 5.83. The second kappa shape index (κ2) is 6.35. The van der Waals surface area contributed by atoms with E-state index < -0.39 is 40.5 Å². The van der Waals surface area contributed by atoms with Gasteiger partial charge < -0.3 is 10.1 Å². The minimum absolute atomic E-state index is 0.190. The molecule has 2 aromatic rings. The van der Waals surface area contributed by atoms with E-state index in [-0.39, 0.29) is 5.69 Å². The maximum absolute atomic E-state index is 13.8. The second-order valence-electron chi connectivity index (χ2n) is 4.13. The summed E-state index contributed by atoms with van der Waals surface area (Å²) in [5, 5.41) is 2.15. The van der Waals surface area contributed by atoms with Gasteiger partial charge in [0.15, 0.2) is 17.4 Å². The summed E-state index contributed by atoms with van der Waals surface area (Å²) in [6, 6.07) is 6.10. The Morgan fingerprint density at radius 3 is 2.18 bits per heavy atom. The van der Waals surface area contributed by atoms with Gasteiger partial charge in [-0.05, 0) is 18.2 Å². The second-order valence-corrected chi connectivity index (χ2v) is 5.04. The molecular weight excluding hydrogens is 370 g/mol. The number of halogens is 5. The molecule has 0 spiro atoms. The molecular formula is C14H8BrF4NO2. The molecule has 3 nitrogen and oxygen atoms in total. The van der Waals surface area contributed by atoms with Gasteiger partial charge >= 0.3 is 0 Å². The van der Waals surface area contributed by atoms with E-state index >= 15 is 0 Å². The van der Waals surface area contributed by atoms with Crippen molar-refractivity contribution in [3.63, 3.8) is 0 Å². The molecule has 0 aliphatic rings. The third kappa shape index (κ3) is 2.92. The zero-order valence-electron chi connectivity index (χ0n) is 11.0. The lowest BCUT2D eigenvalue weighted by Crippen LogP contribution is -2.18. The van der Waals surface area contributed by atoms with E-state index in [9.17, 15) is 22.4 Å². The minimum atomic E-state index is -1.83. The third-order valence-electron chi connectivity index (χ3n) is 2.74. The Balaban J connectivity index is 2.46. The quantitative estimate of drug-likeness (QED) is 0.640. The summed E-state index contributed by atoms with van der Waals surface area (Å²) in [5.41, 5.74) is -1.18. The van der Waals surface area contributed by atoms with Crippen LogP contribution in [0.2, 0.25) is 0 Å². The molecule has 0 atom stereocenters. The van der Waals surface area contributed by atoms with Crippen LogP contribution in [0.5, 0.6) is 5.75 Å². The molecule has 0 saturated carbocycles. The number of methoxy groups -OCH3 is 1. The molecule has 22 heavy (non-hydrogen) atoms. The van der Waals surface area contributed by atoms with Crippen LogP contribution in [0.3, 0.4) is 0 Å². The van der Waals surface area contributed by atoms with Crippen LogP contribution >= 0.6 is 15.9 Å². The van der Waals surface area contributed by atoms with Gasteiger partial charge in [0.2, 0.25) is 11.6 Å². The van der Waals surface area contributed by atoms with Crippen molar-refractivity contribution in [2.75, 3.05) is 12.4 Å². The molecule has 0 radical (unpaired) electrons. The summed E-state index contributed by atoms with van der Waals surface area (Å²) in [4.78, 5) is 11.9. The fourth-order valence-corrected chi connectivity index (χ4v) is 2.15. The molecule has 0 bridgehead atoms. The molecule has 0 aliphatic carbocycles. The van der Waals surface area contributed by atoms with E-state index in [0.29, 0.717) is 4.47 Å². The monoisotopic (exact) mass is 377 g/mol. The van der Waals surface area contributed by atoms with Gasteiger partial charge in [-0.1, -0.05) is 22.0 Å². The highest BCUT2D eigenvalue weighted by Gasteiger charge is 2.30. The summed E-state index contributed by atoms with van der Waals surface area (Å²) in [6.07, 6.45) is 0. The van der Waals surface area contributed by atoms with Gasteiger partial charge in [-0.15, -0.1) is 0 Å². The van der Waals surface area contributed by atoms with Crippen LogP contribution in [0, 0.1) is 23.3 Å². The topological polar surface area (TPSA) is 38.3 Å². The van der Waals surface area contributed by atoms with E-state index in [4.69, 9.17) is 0 Å². The third-order valence-corrected chi connectivity index (χ3v) is 3.23. The molecule has 0 aliphatic heterocycles. The van der Waals surface area contributed by atoms with Crippen LogP contribution in [-0.4, -0.2) is 13.0 Å². The van der Waals surface area contributed by atoms with E-state index in [1.165, 1.54) is 12.1 Å². The summed E-state index contributed by atoms with van der Waals surface area (Å²) in [6.45, 7) is 0. The predicted octanol–water partition coefficient (Wildman–Crippen LogP) is 4.27. The lowest BCUT2D eigenvalue weighted by Gasteiger charge is -2.11. The van der Waals surface area contributed by atoms with Crippen LogP contribution in [0.25, 0.3) is 0 Å². The highest BCUT2D eigenvalue weighted by molar-refractivity contribution is 9.10. The van der Waals surface area contributed by atoms with Crippen LogP contribution < -0.4 is 10.1 Å². The first-order chi connectivity index (χ1) is 10.4. The van der Waals surface area contributed by atoms with E-state index in [1.54, 1.807) is 12.1 Å². The molecule has 0 unspecified atom stereocenters. The molecule has 116 valence electrons. The normalized spacial score (nSPS) is 10.5. The molecule has 0 heterocycles. The molecule has 8 heteroatoms. The van der Waals surface area contributed by atoms with Crippen LogP contribution in [0.1, 0.15) is 10.4 Å². The van der Waals surface area contributed by atoms with Gasteiger partial charge in [0.25, 0.3) is 5.91 Å². The Morgan fingerprint density at radius 1 is 1.09 bits per heavy atom. The summed E-state index contributed by atoms with van der Waals surface area (Å²) in [5.74, 6) is -9.77. The fourth-order valence-electron chi connectivity index (χ4n) is 1.75. The van der Waals surface area contributed by atoms with Crippen molar-refractivity contribution >= 4 is 27.5 Å². The van der Waals surface area contributed by atoms with Crippen molar-refractivity contribution in [3.05, 3.63) is 57.6 Å². The molecule has 2 aromatic carbocycles. The zero-order valence-corrected chi connectivity index (χ0v) is 12.6. The molecule has 0 fully saturated rings. The number of carbonyl (C=O) groups is 1. The van der Waals surface area contributed by atoms with Crippen molar-refractivity contribution in [3.8, 4) is 5.75 Å². The van der Waals surface area contributed by atoms with Crippen molar-refractivity contribution in [2.45, 2.75) is 0 Å². The smallest absolute Gasteiger partial charge is 0.261 e. The Hall–Kier alpha value is -2.09. The fraction of sp³-hybridized carbons (Fsp3) is 0.0714. The maximum atomic E-state index is 13.8. The standard InChI is InChI=1S/C14H8BrF4NO2/c1-22-13-11(18)9(16)8(10(17)12(13)19)14(21)20-7-4-2-3-6(15)5-7/h2-5H,1H3,(H,20,21). The van der Waals surface area contributed by atoms with E-state index in [1.807, 2.05) is 0 Å². The van der Waals surface area contributed by atoms with Crippen LogP contribution in [-0.2, 0) is 0 Å². The van der Waals surface area contributed by atoms with Gasteiger partial charge in [-0.25, -0.2) is 8.78 Å². The van der Waals surface area contributed by atoms with Gasteiger partial charge in [-0.3, -0.25) is 4.79 Å². The first kappa shape index (κ1) is 16.3. The number of hydrogen-bond donors (Lipinski definition) is 1. The lowest BCUT2D eigenvalue weighted by molar-refractivity contribution is 0.101. The van der Waals surface area contributed by atoms with E-state index in [2.05, 4.69) is 26.0 Å². The first-order valence-corrected chi connectivity index (χ1v) is 6.63. The number of hydrogen-bond acceptors (Lipinski definition) is 2. The number of rotatable bonds is 3. The van der Waals surface area contributed by atoms with Gasteiger partial charge in [0, 0.05) is 10.2 Å². The SMILES string of the molecule is COc1c(F)c(F)c(C(=O)Nc2cccc(Br)c2)c(F)c1F. The highest BCUT2D eigenvalue weighted by atomic mass is 79.9. The average molecular weight is 378 g/mol. The lowest BCUT2D eigenvalue weighted by atomic mass is 10.1. The Kier molecular flexibility index (Phi) is 4.70. The number of benzene rings is 2. The molecule has 0 aromatic heterocycles. The number of nitrogens with one attached hydrogen (secondary N) is 1. The minimum Gasteiger partial charge on any atom is -0.491 e. The zero-order chi connectivity index (χ0) is 16.4. The van der Waals surface area contributed by atoms with Crippen molar-refractivity contribution in [2.24, 2.45) is 0 Å². The average Bonchev–Trinajstić information content (AvgIpc) is 2.46. The van der Waals surface area contributed by atoms with Gasteiger partial charge in [0.1, 0.15) is 5.56 Å². The van der Waals surface area contributed by atoms with Crippen molar-refractivity contribution < 1.29 is 27.1 Å². The molecule has 1 N–H and O–H groups in total. The van der Waals surface area contributed by atoms with Gasteiger partial charge in [-0.2, -0.15) is 8.78 Å². The van der Waals surface area contributed by atoms with Gasteiger partial charge in [0.05, 0.1) is 7.11 Å². The number of amides is 1. The summed E-state index contributed by atoms with van der Waals surface area (Å²) >= 11 is 3.14. The molecule has 0 saturated heterocycles. The largest absolute Gasteiger partial charge is 0.491 e. The number of carbonyl (C=O) groups excluding carboxylic acids is 1. The molecule has 2 rings (SSSR count). The van der Waals surface area contributed by atoms with Crippen molar-refractivity contribution in [1.29, 1.82) is 0 Å². The predicted molar refractivity (Wildman–Crippen MR) is 74.9 cm³/mol. The van der Waals surface area contributed by atoms with Crippen LogP contribution in [0.15, 0.2) is 28.7 Å². The maximum Gasteiger partial charge on any atom is 0.261 e. The summed E-state index contributed by atoms with van der Waals surface area (Å²) in [7, 11) is 0.849. The van der Waals surface area contributed by atoms with Crippen LogP contribution in [0.4, 0.5) is 23.2 Å². The van der Waals surface area contributed by atoms with E-state index in [0.717, 1.165) is 7.11 Å². The Morgan fingerprint density at radius 2 is 1.68 bits per heavy atom. The number of ether oxygens (including phenoxy) is 1. The Labute approximate surface area is 131 Å². The Bertz CT molecular complexity index is 723. The molecule has 1 amide bonds. The highest BCUT2D eigenvalue weighted by Crippen LogP contribution is 2.30. The number of anilines is 1.